The molecule has 0 fully saturated rings. The number of nitrogens with one attached hydrogen (secondary N) is 1. The highest BCUT2D eigenvalue weighted by Crippen LogP contribution is 2.30. The topological polar surface area (TPSA) is 63.9 Å². The van der Waals surface area contributed by atoms with Gasteiger partial charge in [-0.3, -0.25) is 0 Å². The molecule has 2 aromatic rings. The summed E-state index contributed by atoms with van der Waals surface area (Å²) in [5.41, 5.74) is 8.08. The molecule has 0 aliphatic rings. The maximum absolute atomic E-state index is 13.4. The molecule has 0 radical (unpaired) electrons. The van der Waals surface area contributed by atoms with Gasteiger partial charge in [-0.25, -0.2) is 9.37 Å². The van der Waals surface area contributed by atoms with E-state index < -0.39 is 0 Å². The summed E-state index contributed by atoms with van der Waals surface area (Å²) in [5.74, 6) is 1.09. The Kier molecular flexibility index (Phi) is 3.85. The fraction of sp³-hybridized carbons (Fsp3) is 0.357. The van der Waals surface area contributed by atoms with Gasteiger partial charge in [0.25, 0.3) is 0 Å². The van der Waals surface area contributed by atoms with Crippen molar-refractivity contribution in [3.05, 3.63) is 35.4 Å². The second-order valence-corrected chi connectivity index (χ2v) is 4.65. The van der Waals surface area contributed by atoms with Crippen molar-refractivity contribution in [2.45, 2.75) is 26.3 Å². The van der Waals surface area contributed by atoms with Gasteiger partial charge >= 0.3 is 0 Å². The lowest BCUT2D eigenvalue weighted by atomic mass is 10.1. The quantitative estimate of drug-likeness (QED) is 0.891. The molecule has 5 heteroatoms. The third-order valence-corrected chi connectivity index (χ3v) is 2.98. The Labute approximate surface area is 111 Å². The van der Waals surface area contributed by atoms with Gasteiger partial charge in [0.2, 0.25) is 0 Å². The van der Waals surface area contributed by atoms with E-state index in [9.17, 15) is 4.39 Å². The number of hydrogen-bond acceptors (Lipinski definition) is 3. The molecule has 2 rings (SSSR count). The normalized spacial score (nSPS) is 11.1. The van der Waals surface area contributed by atoms with Crippen LogP contribution < -0.4 is 10.5 Å². The molecule has 0 spiro atoms. The first kappa shape index (κ1) is 13.5. The molecular formula is C14H18FN3O. The molecule has 0 amide bonds. The van der Waals surface area contributed by atoms with E-state index in [1.165, 1.54) is 12.1 Å². The van der Waals surface area contributed by atoms with Crippen molar-refractivity contribution in [2.24, 2.45) is 5.73 Å². The lowest BCUT2D eigenvalue weighted by Crippen LogP contribution is -2.02. The molecule has 1 heterocycles. The number of aromatic amines is 1. The van der Waals surface area contributed by atoms with E-state index >= 15 is 0 Å². The van der Waals surface area contributed by atoms with Gasteiger partial charge in [0.1, 0.15) is 17.4 Å². The summed E-state index contributed by atoms with van der Waals surface area (Å²) in [5, 5.41) is 0. The Hall–Kier alpha value is -1.88. The third-order valence-electron chi connectivity index (χ3n) is 2.98. The summed E-state index contributed by atoms with van der Waals surface area (Å²) in [7, 11) is 1.55. The standard InChI is InChI=1S/C14H18FN3O/c1-8(2)13-11(7-16)17-14(18-13)10-6-9(15)4-5-12(10)19-3/h4-6,8H,7,16H2,1-3H3,(H,17,18). The number of hydrogen-bond donors (Lipinski definition) is 2. The van der Waals surface area contributed by atoms with Gasteiger partial charge in [-0.05, 0) is 24.1 Å². The summed E-state index contributed by atoms with van der Waals surface area (Å²) in [6.07, 6.45) is 0. The Balaban J connectivity index is 2.55. The number of imidazole rings is 1. The summed E-state index contributed by atoms with van der Waals surface area (Å²) >= 11 is 0. The summed E-state index contributed by atoms with van der Waals surface area (Å²) in [4.78, 5) is 7.67. The smallest absolute Gasteiger partial charge is 0.141 e. The van der Waals surface area contributed by atoms with Crippen molar-refractivity contribution >= 4 is 0 Å². The van der Waals surface area contributed by atoms with Crippen molar-refractivity contribution in [2.75, 3.05) is 7.11 Å². The molecule has 0 saturated heterocycles. The van der Waals surface area contributed by atoms with Crippen LogP contribution in [0.3, 0.4) is 0 Å². The second-order valence-electron chi connectivity index (χ2n) is 4.65. The SMILES string of the molecule is COc1ccc(F)cc1-c1nc(C(C)C)c(CN)[nH]1. The van der Waals surface area contributed by atoms with Gasteiger partial charge < -0.3 is 15.5 Å². The summed E-state index contributed by atoms with van der Waals surface area (Å²) in [6.45, 7) is 4.46. The van der Waals surface area contributed by atoms with Crippen LogP contribution in [0.25, 0.3) is 11.4 Å². The number of aromatic nitrogens is 2. The van der Waals surface area contributed by atoms with Gasteiger partial charge in [-0.1, -0.05) is 13.8 Å². The van der Waals surface area contributed by atoms with Crippen LogP contribution in [-0.4, -0.2) is 17.1 Å². The van der Waals surface area contributed by atoms with Crippen molar-refractivity contribution < 1.29 is 9.13 Å². The molecule has 0 aliphatic carbocycles. The monoisotopic (exact) mass is 263 g/mol. The molecule has 0 bridgehead atoms. The average molecular weight is 263 g/mol. The number of benzene rings is 1. The van der Waals surface area contributed by atoms with E-state index in [4.69, 9.17) is 10.5 Å². The summed E-state index contributed by atoms with van der Waals surface area (Å²) in [6, 6.07) is 4.35. The van der Waals surface area contributed by atoms with Gasteiger partial charge in [0, 0.05) is 6.54 Å². The zero-order valence-electron chi connectivity index (χ0n) is 11.3. The van der Waals surface area contributed by atoms with Crippen LogP contribution in [0.2, 0.25) is 0 Å². The minimum absolute atomic E-state index is 0.253. The maximum atomic E-state index is 13.4. The Bertz CT molecular complexity index is 578. The van der Waals surface area contributed by atoms with Crippen LogP contribution >= 0.6 is 0 Å². The Morgan fingerprint density at radius 1 is 1.42 bits per heavy atom. The van der Waals surface area contributed by atoms with Gasteiger partial charge in [0.05, 0.1) is 24.1 Å². The third kappa shape index (κ3) is 2.61. The molecular weight excluding hydrogens is 245 g/mol. The second kappa shape index (κ2) is 5.40. The predicted molar refractivity (Wildman–Crippen MR) is 72.5 cm³/mol. The van der Waals surface area contributed by atoms with Crippen molar-refractivity contribution in [3.63, 3.8) is 0 Å². The number of methoxy groups -OCH3 is 1. The lowest BCUT2D eigenvalue weighted by Gasteiger charge is -2.05. The number of H-pyrrole nitrogens is 1. The molecule has 0 saturated carbocycles. The molecule has 0 atom stereocenters. The molecule has 102 valence electrons. The average Bonchev–Trinajstić information content (AvgIpc) is 2.82. The highest BCUT2D eigenvalue weighted by atomic mass is 19.1. The van der Waals surface area contributed by atoms with E-state index in [1.54, 1.807) is 13.2 Å². The largest absolute Gasteiger partial charge is 0.496 e. The zero-order chi connectivity index (χ0) is 14.0. The minimum atomic E-state index is -0.326. The number of nitrogens with zero attached hydrogens (tertiary/aromatic N) is 1. The van der Waals surface area contributed by atoms with Crippen LogP contribution in [0, 0.1) is 5.82 Å². The van der Waals surface area contributed by atoms with Crippen molar-refractivity contribution in [1.82, 2.24) is 9.97 Å². The first-order chi connectivity index (χ1) is 9.06. The highest BCUT2D eigenvalue weighted by Gasteiger charge is 2.16. The molecule has 0 aliphatic heterocycles. The lowest BCUT2D eigenvalue weighted by molar-refractivity contribution is 0.415. The number of halogens is 1. The summed E-state index contributed by atoms with van der Waals surface area (Å²) < 4.78 is 18.6. The molecule has 4 nitrogen and oxygen atoms in total. The zero-order valence-corrected chi connectivity index (χ0v) is 11.3. The van der Waals surface area contributed by atoms with Gasteiger partial charge in [0.15, 0.2) is 0 Å². The van der Waals surface area contributed by atoms with E-state index in [1.807, 2.05) is 13.8 Å². The van der Waals surface area contributed by atoms with Crippen LogP contribution in [0.5, 0.6) is 5.75 Å². The fourth-order valence-corrected chi connectivity index (χ4v) is 2.05. The van der Waals surface area contributed by atoms with Crippen LogP contribution in [0.15, 0.2) is 18.2 Å². The molecule has 0 unspecified atom stereocenters. The van der Waals surface area contributed by atoms with Crippen LogP contribution in [0.4, 0.5) is 4.39 Å². The molecule has 1 aromatic heterocycles. The van der Waals surface area contributed by atoms with E-state index in [2.05, 4.69) is 9.97 Å². The van der Waals surface area contributed by atoms with Crippen LogP contribution in [0.1, 0.15) is 31.2 Å². The molecule has 3 N–H and O–H groups in total. The predicted octanol–water partition coefficient (Wildman–Crippen LogP) is 2.81. The first-order valence-corrected chi connectivity index (χ1v) is 6.19. The first-order valence-electron chi connectivity index (χ1n) is 6.19. The van der Waals surface area contributed by atoms with Gasteiger partial charge in [-0.2, -0.15) is 0 Å². The minimum Gasteiger partial charge on any atom is -0.496 e. The molecule has 1 aromatic carbocycles. The number of nitrogens with two attached hydrogens (primary N) is 1. The highest BCUT2D eigenvalue weighted by molar-refractivity contribution is 5.65. The van der Waals surface area contributed by atoms with E-state index in [-0.39, 0.29) is 11.7 Å². The van der Waals surface area contributed by atoms with Crippen molar-refractivity contribution in [1.29, 1.82) is 0 Å². The van der Waals surface area contributed by atoms with Crippen LogP contribution in [-0.2, 0) is 6.54 Å². The Morgan fingerprint density at radius 2 is 2.16 bits per heavy atom. The number of ether oxygens (including phenoxy) is 1. The van der Waals surface area contributed by atoms with Crippen molar-refractivity contribution in [3.8, 4) is 17.1 Å². The number of rotatable bonds is 4. The Morgan fingerprint density at radius 3 is 2.68 bits per heavy atom. The maximum Gasteiger partial charge on any atom is 0.141 e. The van der Waals surface area contributed by atoms with Gasteiger partial charge in [-0.15, -0.1) is 0 Å². The van der Waals surface area contributed by atoms with E-state index in [0.717, 1.165) is 11.4 Å². The fourth-order valence-electron chi connectivity index (χ4n) is 2.05. The molecule has 19 heavy (non-hydrogen) atoms. The van der Waals surface area contributed by atoms with E-state index in [0.29, 0.717) is 23.7 Å².